The minimum absolute atomic E-state index is 0.273. The molecule has 2 fully saturated rings. The number of rotatable bonds is 7. The van der Waals surface area contributed by atoms with Crippen molar-refractivity contribution >= 4 is 12.3 Å². The van der Waals surface area contributed by atoms with E-state index in [2.05, 4.69) is 118 Å². The molecule has 1 aliphatic carbocycles. The second-order valence-corrected chi connectivity index (χ2v) is 10.5. The van der Waals surface area contributed by atoms with Crippen molar-refractivity contribution in [1.29, 1.82) is 0 Å². The lowest BCUT2D eigenvalue weighted by atomic mass is 9.96. The number of morpholine rings is 1. The molecule has 3 aromatic rings. The standard InChI is InChI=1S/C34H38N4O/c1-4-10-28(11-5-1)26-31-16-17-32(34(31)37-22-24-39-25-23-37)27-35-38-20-18-36(19-21-38)33(29-12-6-2-7-13-29)30-14-8-3-9-15-30/h1-15,26-27,33H,16-25H2/b31-26+,35-27-. The Balaban J connectivity index is 1.18. The zero-order valence-corrected chi connectivity index (χ0v) is 22.7. The van der Waals surface area contributed by atoms with Crippen molar-refractivity contribution in [3.05, 3.63) is 125 Å². The van der Waals surface area contributed by atoms with Gasteiger partial charge in [0.15, 0.2) is 0 Å². The van der Waals surface area contributed by atoms with Crippen molar-refractivity contribution in [2.75, 3.05) is 52.5 Å². The van der Waals surface area contributed by atoms with Crippen LogP contribution in [-0.2, 0) is 4.74 Å². The molecule has 0 amide bonds. The van der Waals surface area contributed by atoms with Crippen LogP contribution in [0.25, 0.3) is 6.08 Å². The summed E-state index contributed by atoms with van der Waals surface area (Å²) in [6.45, 7) is 7.30. The van der Waals surface area contributed by atoms with E-state index in [0.717, 1.165) is 65.3 Å². The predicted molar refractivity (Wildman–Crippen MR) is 159 cm³/mol. The van der Waals surface area contributed by atoms with E-state index in [0.29, 0.717) is 0 Å². The topological polar surface area (TPSA) is 31.3 Å². The maximum absolute atomic E-state index is 5.67. The molecule has 200 valence electrons. The molecular weight excluding hydrogens is 480 g/mol. The Morgan fingerprint density at radius 2 is 1.26 bits per heavy atom. The molecule has 0 bridgehead atoms. The number of ether oxygens (including phenoxy) is 1. The van der Waals surface area contributed by atoms with Gasteiger partial charge in [-0.2, -0.15) is 5.10 Å². The Morgan fingerprint density at radius 1 is 0.667 bits per heavy atom. The molecule has 0 unspecified atom stereocenters. The first-order valence-corrected chi connectivity index (χ1v) is 14.3. The monoisotopic (exact) mass is 518 g/mol. The number of benzene rings is 3. The van der Waals surface area contributed by atoms with Crippen molar-refractivity contribution in [2.45, 2.75) is 18.9 Å². The molecule has 0 radical (unpaired) electrons. The fourth-order valence-electron chi connectivity index (χ4n) is 6.04. The summed E-state index contributed by atoms with van der Waals surface area (Å²) in [5, 5.41) is 7.29. The molecule has 3 aromatic carbocycles. The van der Waals surface area contributed by atoms with Gasteiger partial charge in [0.25, 0.3) is 0 Å². The van der Waals surface area contributed by atoms with Gasteiger partial charge in [0.05, 0.1) is 25.5 Å². The van der Waals surface area contributed by atoms with Gasteiger partial charge in [-0.05, 0) is 46.8 Å². The van der Waals surface area contributed by atoms with Gasteiger partial charge in [-0.15, -0.1) is 0 Å². The first kappa shape index (κ1) is 25.6. The van der Waals surface area contributed by atoms with Crippen LogP contribution in [0, 0.1) is 0 Å². The molecule has 0 saturated carbocycles. The van der Waals surface area contributed by atoms with Crippen molar-refractivity contribution in [3.63, 3.8) is 0 Å². The zero-order valence-electron chi connectivity index (χ0n) is 22.7. The molecule has 6 rings (SSSR count). The number of piperazine rings is 1. The van der Waals surface area contributed by atoms with Crippen LogP contribution in [0.1, 0.15) is 35.6 Å². The van der Waals surface area contributed by atoms with E-state index in [1.54, 1.807) is 0 Å². The third-order valence-corrected chi connectivity index (χ3v) is 8.00. The summed E-state index contributed by atoms with van der Waals surface area (Å²) in [4.78, 5) is 5.11. The Bertz CT molecular complexity index is 1250. The van der Waals surface area contributed by atoms with E-state index in [1.807, 2.05) is 0 Å². The fraction of sp³-hybridized carbons (Fsp3) is 0.324. The van der Waals surface area contributed by atoms with Gasteiger partial charge < -0.3 is 9.64 Å². The molecule has 5 heteroatoms. The first-order chi connectivity index (χ1) is 19.3. The third-order valence-electron chi connectivity index (χ3n) is 8.00. The molecule has 39 heavy (non-hydrogen) atoms. The highest BCUT2D eigenvalue weighted by atomic mass is 16.5. The molecule has 2 aliphatic heterocycles. The van der Waals surface area contributed by atoms with E-state index >= 15 is 0 Å². The van der Waals surface area contributed by atoms with Crippen molar-refractivity contribution < 1.29 is 4.74 Å². The van der Waals surface area contributed by atoms with Gasteiger partial charge >= 0.3 is 0 Å². The summed E-state index contributed by atoms with van der Waals surface area (Å²) < 4.78 is 5.67. The van der Waals surface area contributed by atoms with Crippen molar-refractivity contribution in [1.82, 2.24) is 14.8 Å². The van der Waals surface area contributed by atoms with Crippen molar-refractivity contribution in [3.8, 4) is 0 Å². The number of hydrogen-bond donors (Lipinski definition) is 0. The number of nitrogens with zero attached hydrogens (tertiary/aromatic N) is 4. The van der Waals surface area contributed by atoms with E-state index in [4.69, 9.17) is 9.84 Å². The predicted octanol–water partition coefficient (Wildman–Crippen LogP) is 5.84. The second-order valence-electron chi connectivity index (χ2n) is 10.5. The molecule has 5 nitrogen and oxygen atoms in total. The molecule has 2 heterocycles. The molecule has 0 spiro atoms. The second kappa shape index (κ2) is 12.5. The van der Waals surface area contributed by atoms with E-state index in [-0.39, 0.29) is 6.04 Å². The minimum atomic E-state index is 0.273. The number of hydrogen-bond acceptors (Lipinski definition) is 5. The van der Waals surface area contributed by atoms with Gasteiger partial charge in [0.1, 0.15) is 0 Å². The van der Waals surface area contributed by atoms with Crippen LogP contribution in [0.2, 0.25) is 0 Å². The molecule has 0 atom stereocenters. The van der Waals surface area contributed by atoms with Crippen LogP contribution < -0.4 is 0 Å². The van der Waals surface area contributed by atoms with Gasteiger partial charge in [-0.1, -0.05) is 91.0 Å². The fourth-order valence-corrected chi connectivity index (χ4v) is 6.04. The Kier molecular flexibility index (Phi) is 8.18. The third kappa shape index (κ3) is 6.16. The van der Waals surface area contributed by atoms with Crippen LogP contribution in [0.15, 0.2) is 113 Å². The SMILES string of the molecule is C(=N/N1CCN(C(c2ccccc2)c2ccccc2)CC1)/C1=C(N2CCOCC2)C(=C/c2ccccc2)/CC1. The molecule has 2 saturated heterocycles. The lowest BCUT2D eigenvalue weighted by Gasteiger charge is -2.38. The summed E-state index contributed by atoms with van der Waals surface area (Å²) in [5.41, 5.74) is 8.11. The lowest BCUT2D eigenvalue weighted by Crippen LogP contribution is -2.46. The van der Waals surface area contributed by atoms with Crippen molar-refractivity contribution in [2.24, 2.45) is 5.10 Å². The van der Waals surface area contributed by atoms with Crippen LogP contribution >= 0.6 is 0 Å². The Hall–Kier alpha value is -3.67. The number of hydrazone groups is 1. The highest BCUT2D eigenvalue weighted by Gasteiger charge is 2.27. The van der Waals surface area contributed by atoms with Crippen LogP contribution in [-0.4, -0.2) is 73.5 Å². The van der Waals surface area contributed by atoms with Gasteiger partial charge in [0.2, 0.25) is 0 Å². The molecular formula is C34H38N4O. The average molecular weight is 519 g/mol. The lowest BCUT2D eigenvalue weighted by molar-refractivity contribution is 0.0548. The first-order valence-electron chi connectivity index (χ1n) is 14.3. The average Bonchev–Trinajstić information content (AvgIpc) is 3.41. The van der Waals surface area contributed by atoms with Gasteiger partial charge in [-0.3, -0.25) is 9.91 Å². The quantitative estimate of drug-likeness (QED) is 0.368. The smallest absolute Gasteiger partial charge is 0.0642 e. The zero-order chi connectivity index (χ0) is 26.3. The van der Waals surface area contributed by atoms with E-state index in [1.165, 1.54) is 33.5 Å². The largest absolute Gasteiger partial charge is 0.378 e. The highest BCUT2D eigenvalue weighted by Crippen LogP contribution is 2.35. The summed E-state index contributed by atoms with van der Waals surface area (Å²) in [7, 11) is 0. The van der Waals surface area contributed by atoms with Crippen LogP contribution in [0.5, 0.6) is 0 Å². The number of allylic oxidation sites excluding steroid dienone is 2. The van der Waals surface area contributed by atoms with Gasteiger partial charge in [0, 0.05) is 45.0 Å². The molecule has 3 aliphatic rings. The van der Waals surface area contributed by atoms with E-state index < -0.39 is 0 Å². The van der Waals surface area contributed by atoms with E-state index in [9.17, 15) is 0 Å². The highest BCUT2D eigenvalue weighted by molar-refractivity contribution is 5.83. The summed E-state index contributed by atoms with van der Waals surface area (Å²) in [6, 6.07) is 32.7. The maximum atomic E-state index is 5.67. The summed E-state index contributed by atoms with van der Waals surface area (Å²) in [6.07, 6.45) is 6.61. The minimum Gasteiger partial charge on any atom is -0.378 e. The van der Waals surface area contributed by atoms with Gasteiger partial charge in [-0.25, -0.2) is 0 Å². The Labute approximate surface area is 232 Å². The van der Waals surface area contributed by atoms with Crippen LogP contribution in [0.3, 0.4) is 0 Å². The molecule has 0 aromatic heterocycles. The maximum Gasteiger partial charge on any atom is 0.0642 e. The summed E-state index contributed by atoms with van der Waals surface area (Å²) in [5.74, 6) is 0. The Morgan fingerprint density at radius 3 is 1.87 bits per heavy atom. The normalized spacial score (nSPS) is 20.1. The molecule has 0 N–H and O–H groups in total. The summed E-state index contributed by atoms with van der Waals surface area (Å²) >= 11 is 0. The van der Waals surface area contributed by atoms with Crippen LogP contribution in [0.4, 0.5) is 0 Å².